The molecule has 9 nitrogen and oxygen atoms in total. The molecule has 1 N–H and O–H groups in total. The van der Waals surface area contributed by atoms with Crippen LogP contribution in [0.3, 0.4) is 0 Å². The first-order chi connectivity index (χ1) is 11.1. The standard InChI is InChI=1S/C13H15N3O6S2/c1-6(2)21-13(18)9-10(7(3)5-23-9)24(19,20)16-12(17)11-14-8(4)22-15-11/h5-6H,1-4H3,(H,16,17). The van der Waals surface area contributed by atoms with E-state index in [4.69, 9.17) is 4.74 Å². The van der Waals surface area contributed by atoms with Gasteiger partial charge in [0.05, 0.1) is 6.10 Å². The van der Waals surface area contributed by atoms with Crippen LogP contribution >= 0.6 is 11.3 Å². The summed E-state index contributed by atoms with van der Waals surface area (Å²) in [6.45, 7) is 6.27. The van der Waals surface area contributed by atoms with E-state index in [1.807, 2.05) is 4.72 Å². The number of nitrogens with zero attached hydrogens (tertiary/aromatic N) is 2. The molecule has 130 valence electrons. The van der Waals surface area contributed by atoms with Crippen molar-refractivity contribution in [1.82, 2.24) is 14.9 Å². The van der Waals surface area contributed by atoms with Crippen molar-refractivity contribution >= 4 is 33.2 Å². The average Bonchev–Trinajstić information content (AvgIpc) is 3.04. The van der Waals surface area contributed by atoms with E-state index in [0.717, 1.165) is 11.3 Å². The summed E-state index contributed by atoms with van der Waals surface area (Å²) in [5, 5.41) is 4.84. The number of rotatable bonds is 5. The van der Waals surface area contributed by atoms with E-state index >= 15 is 0 Å². The third-order valence-corrected chi connectivity index (χ3v) is 5.40. The summed E-state index contributed by atoms with van der Waals surface area (Å²) in [5.41, 5.74) is 0.320. The summed E-state index contributed by atoms with van der Waals surface area (Å²) >= 11 is 0.925. The number of aromatic nitrogens is 2. The molecule has 2 aromatic heterocycles. The maximum atomic E-state index is 12.5. The lowest BCUT2D eigenvalue weighted by Crippen LogP contribution is -2.32. The molecule has 1 amide bonds. The Labute approximate surface area is 142 Å². The Kier molecular flexibility index (Phi) is 5.04. The normalized spacial score (nSPS) is 11.5. The number of carbonyl (C=O) groups excluding carboxylic acids is 2. The Morgan fingerprint density at radius 3 is 2.54 bits per heavy atom. The van der Waals surface area contributed by atoms with Crippen molar-refractivity contribution in [3.8, 4) is 0 Å². The highest BCUT2D eigenvalue weighted by atomic mass is 32.2. The molecule has 0 spiro atoms. The number of sulfonamides is 1. The van der Waals surface area contributed by atoms with Crippen LogP contribution in [0.1, 0.15) is 45.6 Å². The van der Waals surface area contributed by atoms with Crippen molar-refractivity contribution in [2.24, 2.45) is 0 Å². The molecule has 2 heterocycles. The third kappa shape index (κ3) is 3.79. The molecule has 11 heteroatoms. The minimum atomic E-state index is -4.31. The molecule has 0 aromatic carbocycles. The van der Waals surface area contributed by atoms with Gasteiger partial charge in [0.2, 0.25) is 5.89 Å². The van der Waals surface area contributed by atoms with E-state index in [0.29, 0.717) is 5.56 Å². The zero-order chi connectivity index (χ0) is 18.1. The molecule has 0 fully saturated rings. The highest BCUT2D eigenvalue weighted by Gasteiger charge is 2.31. The number of thiophene rings is 1. The van der Waals surface area contributed by atoms with Gasteiger partial charge >= 0.3 is 11.9 Å². The summed E-state index contributed by atoms with van der Waals surface area (Å²) in [4.78, 5) is 27.3. The highest BCUT2D eigenvalue weighted by molar-refractivity contribution is 7.90. The van der Waals surface area contributed by atoms with Crippen LogP contribution in [-0.2, 0) is 14.8 Å². The molecule has 0 atom stereocenters. The maximum Gasteiger partial charge on any atom is 0.350 e. The second-order valence-corrected chi connectivity index (χ2v) is 7.60. The molecule has 2 aromatic rings. The summed E-state index contributed by atoms with van der Waals surface area (Å²) in [6.07, 6.45) is -0.410. The fourth-order valence-electron chi connectivity index (χ4n) is 1.79. The van der Waals surface area contributed by atoms with Crippen LogP contribution < -0.4 is 4.72 Å². The first-order valence-electron chi connectivity index (χ1n) is 6.78. The van der Waals surface area contributed by atoms with Crippen LogP contribution in [0, 0.1) is 13.8 Å². The number of hydrogen-bond donors (Lipinski definition) is 1. The van der Waals surface area contributed by atoms with Gasteiger partial charge in [-0.1, -0.05) is 5.16 Å². The van der Waals surface area contributed by atoms with Crippen molar-refractivity contribution in [3.63, 3.8) is 0 Å². The largest absolute Gasteiger partial charge is 0.459 e. The van der Waals surface area contributed by atoms with Gasteiger partial charge in [-0.05, 0) is 31.7 Å². The number of nitrogens with one attached hydrogen (secondary N) is 1. The summed E-state index contributed by atoms with van der Waals surface area (Å²) in [7, 11) is -4.31. The lowest BCUT2D eigenvalue weighted by atomic mass is 10.3. The zero-order valence-electron chi connectivity index (χ0n) is 13.3. The fourth-order valence-corrected chi connectivity index (χ4v) is 4.41. The molecule has 0 saturated heterocycles. The minimum Gasteiger partial charge on any atom is -0.459 e. The molecule has 0 radical (unpaired) electrons. The van der Waals surface area contributed by atoms with Crippen molar-refractivity contribution in [2.45, 2.75) is 38.7 Å². The van der Waals surface area contributed by atoms with Crippen LogP contribution in [0.4, 0.5) is 0 Å². The Balaban J connectivity index is 2.34. The van der Waals surface area contributed by atoms with Crippen molar-refractivity contribution in [2.75, 3.05) is 0 Å². The smallest absolute Gasteiger partial charge is 0.350 e. The Morgan fingerprint density at radius 1 is 1.33 bits per heavy atom. The summed E-state index contributed by atoms with van der Waals surface area (Å²) in [5.74, 6) is -2.13. The van der Waals surface area contributed by atoms with Gasteiger partial charge in [-0.25, -0.2) is 17.9 Å². The topological polar surface area (TPSA) is 128 Å². The molecule has 24 heavy (non-hydrogen) atoms. The van der Waals surface area contributed by atoms with E-state index in [1.54, 1.807) is 13.8 Å². The second-order valence-electron chi connectivity index (χ2n) is 5.10. The van der Waals surface area contributed by atoms with Gasteiger partial charge in [0.1, 0.15) is 9.77 Å². The Hall–Kier alpha value is -2.27. The number of carbonyl (C=O) groups is 2. The Bertz CT molecular complexity index is 881. The van der Waals surface area contributed by atoms with E-state index in [9.17, 15) is 18.0 Å². The van der Waals surface area contributed by atoms with Crippen LogP contribution in [-0.4, -0.2) is 36.5 Å². The van der Waals surface area contributed by atoms with Gasteiger partial charge < -0.3 is 9.26 Å². The summed E-state index contributed by atoms with van der Waals surface area (Å²) < 4.78 is 36.5. The zero-order valence-corrected chi connectivity index (χ0v) is 14.9. The second kappa shape index (κ2) is 6.69. The molecular weight excluding hydrogens is 358 g/mol. The maximum absolute atomic E-state index is 12.5. The van der Waals surface area contributed by atoms with Crippen molar-refractivity contribution in [3.05, 3.63) is 27.5 Å². The summed E-state index contributed by atoms with van der Waals surface area (Å²) in [6, 6.07) is 0. The van der Waals surface area contributed by atoms with Gasteiger partial charge in [0.25, 0.3) is 15.8 Å². The molecule has 2 rings (SSSR count). The van der Waals surface area contributed by atoms with Crippen LogP contribution in [0.2, 0.25) is 0 Å². The van der Waals surface area contributed by atoms with E-state index in [1.165, 1.54) is 19.2 Å². The van der Waals surface area contributed by atoms with E-state index in [-0.39, 0.29) is 15.7 Å². The van der Waals surface area contributed by atoms with Crippen LogP contribution in [0.5, 0.6) is 0 Å². The van der Waals surface area contributed by atoms with Gasteiger partial charge in [-0.3, -0.25) is 4.79 Å². The van der Waals surface area contributed by atoms with Crippen LogP contribution in [0.25, 0.3) is 0 Å². The number of esters is 1. The monoisotopic (exact) mass is 373 g/mol. The lowest BCUT2D eigenvalue weighted by Gasteiger charge is -2.10. The fraction of sp³-hybridized carbons (Fsp3) is 0.385. The molecule has 0 aliphatic carbocycles. The van der Waals surface area contributed by atoms with Crippen LogP contribution in [0.15, 0.2) is 14.8 Å². The van der Waals surface area contributed by atoms with Crippen molar-refractivity contribution < 1.29 is 27.3 Å². The third-order valence-electron chi connectivity index (χ3n) is 2.67. The molecule has 0 aliphatic heterocycles. The van der Waals surface area contributed by atoms with Gasteiger partial charge in [0.15, 0.2) is 0 Å². The molecule has 0 bridgehead atoms. The van der Waals surface area contributed by atoms with Gasteiger partial charge in [-0.15, -0.1) is 11.3 Å². The molecule has 0 unspecified atom stereocenters. The number of hydrogen-bond acceptors (Lipinski definition) is 9. The quantitative estimate of drug-likeness (QED) is 0.779. The van der Waals surface area contributed by atoms with E-state index < -0.39 is 33.8 Å². The SMILES string of the molecule is Cc1nc(C(=O)NS(=O)(=O)c2c(C)csc2C(=O)OC(C)C)no1. The highest BCUT2D eigenvalue weighted by Crippen LogP contribution is 2.28. The first-order valence-corrected chi connectivity index (χ1v) is 9.14. The van der Waals surface area contributed by atoms with Gasteiger partial charge in [-0.2, -0.15) is 4.98 Å². The van der Waals surface area contributed by atoms with Gasteiger partial charge in [0, 0.05) is 6.92 Å². The van der Waals surface area contributed by atoms with Crippen molar-refractivity contribution in [1.29, 1.82) is 0 Å². The lowest BCUT2D eigenvalue weighted by molar-refractivity contribution is 0.0379. The Morgan fingerprint density at radius 2 is 2.00 bits per heavy atom. The molecule has 0 saturated carbocycles. The molecule has 0 aliphatic rings. The minimum absolute atomic E-state index is 0.106. The average molecular weight is 373 g/mol. The van der Waals surface area contributed by atoms with E-state index in [2.05, 4.69) is 14.7 Å². The molecular formula is C13H15N3O6S2. The number of ether oxygens (including phenoxy) is 1. The predicted octanol–water partition coefficient (Wildman–Crippen LogP) is 1.43. The number of amides is 1. The first kappa shape index (κ1) is 18.1. The predicted molar refractivity (Wildman–Crippen MR) is 83.3 cm³/mol. The number of aryl methyl sites for hydroxylation is 2.